The molecule has 0 aliphatic carbocycles. The number of nitrogen functional groups attached to an aromatic ring is 1. The molecular weight excluding hydrogens is 164 g/mol. The van der Waals surface area contributed by atoms with Crippen molar-refractivity contribution in [2.45, 2.75) is 19.3 Å². The van der Waals surface area contributed by atoms with E-state index in [1.807, 2.05) is 19.2 Å². The maximum atomic E-state index is 5.78. The second-order valence-corrected chi connectivity index (χ2v) is 3.50. The van der Waals surface area contributed by atoms with Crippen LogP contribution >= 0.6 is 0 Å². The van der Waals surface area contributed by atoms with Gasteiger partial charge >= 0.3 is 0 Å². The largest absolute Gasteiger partial charge is 0.397 e. The molecule has 1 fully saturated rings. The third-order valence-corrected chi connectivity index (χ3v) is 2.55. The van der Waals surface area contributed by atoms with Gasteiger partial charge in [-0.2, -0.15) is 0 Å². The van der Waals surface area contributed by atoms with Crippen molar-refractivity contribution < 1.29 is 4.74 Å². The van der Waals surface area contributed by atoms with E-state index in [9.17, 15) is 0 Å². The number of anilines is 1. The molecule has 2 heterocycles. The molecule has 0 unspecified atom stereocenters. The van der Waals surface area contributed by atoms with E-state index in [0.29, 0.717) is 5.92 Å². The molecule has 1 aliphatic heterocycles. The first-order chi connectivity index (χ1) is 6.27. The fourth-order valence-corrected chi connectivity index (χ4v) is 1.59. The Morgan fingerprint density at radius 1 is 1.62 bits per heavy atom. The zero-order valence-electron chi connectivity index (χ0n) is 7.79. The van der Waals surface area contributed by atoms with Crippen LogP contribution in [0.4, 0.5) is 5.69 Å². The number of ether oxygens (including phenoxy) is 1. The zero-order chi connectivity index (χ0) is 9.26. The first-order valence-corrected chi connectivity index (χ1v) is 4.57. The molecule has 0 saturated carbocycles. The van der Waals surface area contributed by atoms with Crippen LogP contribution in [0.15, 0.2) is 12.3 Å². The molecule has 1 atom stereocenters. The fraction of sp³-hybridized carbons (Fsp3) is 0.500. The van der Waals surface area contributed by atoms with E-state index < -0.39 is 0 Å². The lowest BCUT2D eigenvalue weighted by Gasteiger charge is -2.08. The number of nitrogens with two attached hydrogens (primary N) is 1. The second-order valence-electron chi connectivity index (χ2n) is 3.50. The van der Waals surface area contributed by atoms with E-state index in [2.05, 4.69) is 4.98 Å². The fourth-order valence-electron chi connectivity index (χ4n) is 1.59. The minimum Gasteiger partial charge on any atom is -0.397 e. The van der Waals surface area contributed by atoms with Crippen LogP contribution in [0.25, 0.3) is 0 Å². The van der Waals surface area contributed by atoms with E-state index in [-0.39, 0.29) is 0 Å². The standard InChI is InChI=1S/C10H14N2O/c1-7-10(11)4-9(5-12-7)8-2-3-13-6-8/h4-5,8H,2-3,6,11H2,1H3/t8-/m0/s1. The first kappa shape index (κ1) is 8.51. The Labute approximate surface area is 77.9 Å². The Morgan fingerprint density at radius 3 is 3.08 bits per heavy atom. The minimum absolute atomic E-state index is 0.496. The van der Waals surface area contributed by atoms with Crippen molar-refractivity contribution in [1.82, 2.24) is 4.98 Å². The molecule has 3 nitrogen and oxygen atoms in total. The van der Waals surface area contributed by atoms with Gasteiger partial charge in [-0.15, -0.1) is 0 Å². The third-order valence-electron chi connectivity index (χ3n) is 2.55. The molecule has 70 valence electrons. The summed E-state index contributed by atoms with van der Waals surface area (Å²) < 4.78 is 5.31. The highest BCUT2D eigenvalue weighted by Gasteiger charge is 2.18. The van der Waals surface area contributed by atoms with Crippen LogP contribution in [0.5, 0.6) is 0 Å². The number of pyridine rings is 1. The van der Waals surface area contributed by atoms with Gasteiger partial charge in [-0.3, -0.25) is 4.98 Å². The van der Waals surface area contributed by atoms with Crippen LogP contribution in [0.2, 0.25) is 0 Å². The quantitative estimate of drug-likeness (QED) is 0.708. The monoisotopic (exact) mass is 178 g/mol. The van der Waals surface area contributed by atoms with E-state index in [1.54, 1.807) is 0 Å². The average molecular weight is 178 g/mol. The van der Waals surface area contributed by atoms with Crippen molar-refractivity contribution in [3.63, 3.8) is 0 Å². The Balaban J connectivity index is 2.25. The van der Waals surface area contributed by atoms with Gasteiger partial charge in [0.2, 0.25) is 0 Å². The summed E-state index contributed by atoms with van der Waals surface area (Å²) >= 11 is 0. The van der Waals surface area contributed by atoms with Crippen LogP contribution in [0.1, 0.15) is 23.6 Å². The molecular formula is C10H14N2O. The molecule has 0 bridgehead atoms. The minimum atomic E-state index is 0.496. The summed E-state index contributed by atoms with van der Waals surface area (Å²) in [5.41, 5.74) is 8.68. The van der Waals surface area contributed by atoms with Gasteiger partial charge in [0.05, 0.1) is 18.0 Å². The van der Waals surface area contributed by atoms with Crippen LogP contribution in [-0.2, 0) is 4.74 Å². The lowest BCUT2D eigenvalue weighted by atomic mass is 10.00. The maximum absolute atomic E-state index is 5.78. The van der Waals surface area contributed by atoms with Gasteiger partial charge in [-0.1, -0.05) is 0 Å². The summed E-state index contributed by atoms with van der Waals surface area (Å²) in [7, 11) is 0. The van der Waals surface area contributed by atoms with Crippen molar-refractivity contribution in [3.05, 3.63) is 23.5 Å². The Kier molecular flexibility index (Phi) is 2.19. The Hall–Kier alpha value is -1.09. The Bertz CT molecular complexity index is 306. The van der Waals surface area contributed by atoms with E-state index >= 15 is 0 Å². The molecule has 2 N–H and O–H groups in total. The zero-order valence-corrected chi connectivity index (χ0v) is 7.79. The highest BCUT2D eigenvalue weighted by atomic mass is 16.5. The molecule has 0 aromatic carbocycles. The molecule has 3 heteroatoms. The molecule has 0 spiro atoms. The molecule has 1 aromatic rings. The predicted molar refractivity (Wildman–Crippen MR) is 51.6 cm³/mol. The van der Waals surface area contributed by atoms with E-state index in [0.717, 1.165) is 31.0 Å². The van der Waals surface area contributed by atoms with Crippen molar-refractivity contribution in [3.8, 4) is 0 Å². The average Bonchev–Trinajstić information content (AvgIpc) is 2.62. The summed E-state index contributed by atoms with van der Waals surface area (Å²) in [5, 5.41) is 0. The summed E-state index contributed by atoms with van der Waals surface area (Å²) in [5.74, 6) is 0.496. The van der Waals surface area contributed by atoms with Gasteiger partial charge in [0.25, 0.3) is 0 Å². The predicted octanol–water partition coefficient (Wildman–Crippen LogP) is 1.48. The van der Waals surface area contributed by atoms with E-state index in [1.165, 1.54) is 5.56 Å². The van der Waals surface area contributed by atoms with Gasteiger partial charge in [-0.05, 0) is 25.0 Å². The number of rotatable bonds is 1. The molecule has 0 amide bonds. The van der Waals surface area contributed by atoms with Crippen molar-refractivity contribution in [1.29, 1.82) is 0 Å². The normalized spacial score (nSPS) is 22.1. The SMILES string of the molecule is Cc1ncc([C@H]2CCOC2)cc1N. The lowest BCUT2D eigenvalue weighted by molar-refractivity contribution is 0.194. The number of aryl methyl sites for hydroxylation is 1. The summed E-state index contributed by atoms with van der Waals surface area (Å²) in [6.07, 6.45) is 3.00. The van der Waals surface area contributed by atoms with Gasteiger partial charge in [-0.25, -0.2) is 0 Å². The van der Waals surface area contributed by atoms with Gasteiger partial charge < -0.3 is 10.5 Å². The molecule has 1 aliphatic rings. The van der Waals surface area contributed by atoms with Crippen LogP contribution in [0, 0.1) is 6.92 Å². The molecule has 1 aromatic heterocycles. The van der Waals surface area contributed by atoms with E-state index in [4.69, 9.17) is 10.5 Å². The number of hydrogen-bond acceptors (Lipinski definition) is 3. The maximum Gasteiger partial charge on any atom is 0.0601 e. The van der Waals surface area contributed by atoms with Gasteiger partial charge in [0.1, 0.15) is 0 Å². The Morgan fingerprint density at radius 2 is 2.46 bits per heavy atom. The molecule has 2 rings (SSSR count). The third kappa shape index (κ3) is 1.65. The van der Waals surface area contributed by atoms with Gasteiger partial charge in [0.15, 0.2) is 0 Å². The van der Waals surface area contributed by atoms with Crippen molar-refractivity contribution in [2.24, 2.45) is 0 Å². The van der Waals surface area contributed by atoms with Crippen molar-refractivity contribution in [2.75, 3.05) is 18.9 Å². The second kappa shape index (κ2) is 3.34. The number of hydrogen-bond donors (Lipinski definition) is 1. The first-order valence-electron chi connectivity index (χ1n) is 4.57. The van der Waals surface area contributed by atoms with Crippen LogP contribution in [-0.4, -0.2) is 18.2 Å². The summed E-state index contributed by atoms with van der Waals surface area (Å²) in [6, 6.07) is 2.02. The van der Waals surface area contributed by atoms with Crippen LogP contribution < -0.4 is 5.73 Å². The topological polar surface area (TPSA) is 48.1 Å². The van der Waals surface area contributed by atoms with Crippen LogP contribution in [0.3, 0.4) is 0 Å². The smallest absolute Gasteiger partial charge is 0.0601 e. The summed E-state index contributed by atoms with van der Waals surface area (Å²) in [4.78, 5) is 4.24. The number of nitrogens with zero attached hydrogens (tertiary/aromatic N) is 1. The lowest BCUT2D eigenvalue weighted by Crippen LogP contribution is -2.01. The highest BCUT2D eigenvalue weighted by molar-refractivity contribution is 5.44. The van der Waals surface area contributed by atoms with Gasteiger partial charge in [0, 0.05) is 18.7 Å². The molecule has 13 heavy (non-hydrogen) atoms. The number of aromatic nitrogens is 1. The summed E-state index contributed by atoms with van der Waals surface area (Å²) in [6.45, 7) is 3.59. The molecule has 1 saturated heterocycles. The van der Waals surface area contributed by atoms with Crippen molar-refractivity contribution >= 4 is 5.69 Å². The molecule has 0 radical (unpaired) electrons. The highest BCUT2D eigenvalue weighted by Crippen LogP contribution is 2.26.